The van der Waals surface area contributed by atoms with E-state index in [0.29, 0.717) is 0 Å². The van der Waals surface area contributed by atoms with Crippen LogP contribution in [-0.4, -0.2) is 38.8 Å². The summed E-state index contributed by atoms with van der Waals surface area (Å²) in [5.74, 6) is 0. The summed E-state index contributed by atoms with van der Waals surface area (Å²) in [4.78, 5) is 0. The molecule has 4 nitrogen and oxygen atoms in total. The van der Waals surface area contributed by atoms with E-state index in [1.165, 1.54) is 128 Å². The molecule has 0 atom stereocenters. The first-order valence-electron chi connectivity index (χ1n) is 15.3. The zero-order valence-corrected chi connectivity index (χ0v) is 25.2. The number of hydrogen-bond donors (Lipinski definition) is 0. The summed E-state index contributed by atoms with van der Waals surface area (Å²) in [5.41, 5.74) is -0.0623. The van der Waals surface area contributed by atoms with Gasteiger partial charge < -0.3 is 18.1 Å². The minimum Gasteiger partial charge on any atom is -0.333 e. The maximum atomic E-state index is 6.15. The molecule has 2 fully saturated rings. The van der Waals surface area contributed by atoms with Crippen LogP contribution in [0.5, 0.6) is 0 Å². The minimum atomic E-state index is -0.696. The van der Waals surface area contributed by atoms with Gasteiger partial charge in [0.1, 0.15) is 0 Å². The Bertz CT molecular complexity index is 418. The first kappa shape index (κ1) is 31.9. The number of hydrogen-bond acceptors (Lipinski definition) is 4. The smallest absolute Gasteiger partial charge is 0.170 e. The highest BCUT2D eigenvalue weighted by Gasteiger charge is 2.42. The molecule has 0 aromatic heterocycles. The summed E-state index contributed by atoms with van der Waals surface area (Å²) in [6.45, 7) is 7.56. The van der Waals surface area contributed by atoms with Gasteiger partial charge in [-0.05, 0) is 12.8 Å². The van der Waals surface area contributed by atoms with Crippen LogP contribution in [0.2, 0.25) is 0 Å². The second kappa shape index (κ2) is 21.6. The molecule has 2 aliphatic rings. The Labute approximate surface area is 221 Å². The summed E-state index contributed by atoms with van der Waals surface area (Å²) in [5, 5.41) is 0. The fourth-order valence-electron chi connectivity index (χ4n) is 4.88. The molecule has 2 saturated heterocycles. The molecule has 0 bridgehead atoms. The Hall–Kier alpha value is 0.700. The van der Waals surface area contributed by atoms with E-state index >= 15 is 0 Å². The lowest BCUT2D eigenvalue weighted by Gasteiger charge is -2.43. The van der Waals surface area contributed by atoms with Gasteiger partial charge in [-0.3, -0.25) is 0 Å². The zero-order chi connectivity index (χ0) is 24.9. The predicted octanol–water partition coefficient (Wildman–Crippen LogP) is 10.5. The highest BCUT2D eigenvalue weighted by molar-refractivity contribution is 7.47. The Morgan fingerprint density at radius 1 is 0.400 bits per heavy atom. The molecular formula is C29H58O4P2. The Balaban J connectivity index is 1.38. The third kappa shape index (κ3) is 15.6. The molecule has 0 N–H and O–H groups in total. The van der Waals surface area contributed by atoms with Crippen LogP contribution in [-0.2, 0) is 18.1 Å². The average Bonchev–Trinajstić information content (AvgIpc) is 2.88. The second-order valence-electron chi connectivity index (χ2n) is 11.1. The van der Waals surface area contributed by atoms with Crippen molar-refractivity contribution in [2.24, 2.45) is 5.41 Å². The van der Waals surface area contributed by atoms with E-state index in [1.807, 2.05) is 0 Å². The molecule has 0 amide bonds. The molecule has 0 aromatic rings. The Morgan fingerprint density at radius 2 is 0.657 bits per heavy atom. The molecule has 35 heavy (non-hydrogen) atoms. The molecule has 6 heteroatoms. The molecule has 208 valence electrons. The molecule has 2 heterocycles. The predicted molar refractivity (Wildman–Crippen MR) is 154 cm³/mol. The normalized spacial score (nSPS) is 24.9. The summed E-state index contributed by atoms with van der Waals surface area (Å²) in [6.07, 6.45) is 29.7. The van der Waals surface area contributed by atoms with Crippen molar-refractivity contribution >= 4 is 16.8 Å². The van der Waals surface area contributed by atoms with E-state index in [2.05, 4.69) is 13.8 Å². The molecule has 1 spiro atoms. The minimum absolute atomic E-state index is 0.0623. The highest BCUT2D eigenvalue weighted by Crippen LogP contribution is 2.52. The Morgan fingerprint density at radius 3 is 0.943 bits per heavy atom. The van der Waals surface area contributed by atoms with Crippen LogP contribution in [0.4, 0.5) is 0 Å². The lowest BCUT2D eigenvalue weighted by Crippen LogP contribution is -2.44. The van der Waals surface area contributed by atoms with Gasteiger partial charge in [0, 0.05) is 12.3 Å². The van der Waals surface area contributed by atoms with Crippen molar-refractivity contribution in [2.45, 2.75) is 142 Å². The van der Waals surface area contributed by atoms with Crippen LogP contribution in [0.15, 0.2) is 0 Å². The molecule has 0 aliphatic carbocycles. The van der Waals surface area contributed by atoms with Crippen LogP contribution in [0.25, 0.3) is 0 Å². The van der Waals surface area contributed by atoms with E-state index in [1.54, 1.807) is 0 Å². The van der Waals surface area contributed by atoms with E-state index in [0.717, 1.165) is 38.8 Å². The summed E-state index contributed by atoms with van der Waals surface area (Å²) in [6, 6.07) is 0. The van der Waals surface area contributed by atoms with Gasteiger partial charge in [0.15, 0.2) is 16.8 Å². The van der Waals surface area contributed by atoms with E-state index in [9.17, 15) is 0 Å². The van der Waals surface area contributed by atoms with Crippen molar-refractivity contribution < 1.29 is 18.1 Å². The van der Waals surface area contributed by atoms with E-state index < -0.39 is 16.8 Å². The van der Waals surface area contributed by atoms with E-state index in [-0.39, 0.29) is 5.41 Å². The first-order valence-corrected chi connectivity index (χ1v) is 18.1. The van der Waals surface area contributed by atoms with Crippen molar-refractivity contribution in [1.82, 2.24) is 0 Å². The van der Waals surface area contributed by atoms with Crippen molar-refractivity contribution in [2.75, 3.05) is 38.8 Å². The number of unbranched alkanes of at least 4 members (excludes halogenated alkanes) is 18. The maximum absolute atomic E-state index is 6.15. The fourth-order valence-corrected chi connectivity index (χ4v) is 8.18. The van der Waals surface area contributed by atoms with Gasteiger partial charge in [0.05, 0.1) is 31.8 Å². The van der Waals surface area contributed by atoms with E-state index in [4.69, 9.17) is 18.1 Å². The van der Waals surface area contributed by atoms with Gasteiger partial charge in [0.2, 0.25) is 0 Å². The molecule has 2 rings (SSSR count). The van der Waals surface area contributed by atoms with Crippen molar-refractivity contribution in [3.05, 3.63) is 0 Å². The summed E-state index contributed by atoms with van der Waals surface area (Å²) < 4.78 is 24.6. The second-order valence-corrected chi connectivity index (χ2v) is 14.3. The molecule has 0 unspecified atom stereocenters. The largest absolute Gasteiger partial charge is 0.333 e. The highest BCUT2D eigenvalue weighted by atomic mass is 31.2. The summed E-state index contributed by atoms with van der Waals surface area (Å²) in [7, 11) is -1.39. The molecule has 0 aromatic carbocycles. The third-order valence-electron chi connectivity index (χ3n) is 7.45. The van der Waals surface area contributed by atoms with Crippen molar-refractivity contribution in [3.63, 3.8) is 0 Å². The maximum Gasteiger partial charge on any atom is 0.170 e. The monoisotopic (exact) mass is 532 g/mol. The topological polar surface area (TPSA) is 36.9 Å². The van der Waals surface area contributed by atoms with Crippen LogP contribution in [0.3, 0.4) is 0 Å². The lowest BCUT2D eigenvalue weighted by molar-refractivity contribution is -0.0531. The quantitative estimate of drug-likeness (QED) is 0.103. The van der Waals surface area contributed by atoms with Gasteiger partial charge in [0.25, 0.3) is 0 Å². The van der Waals surface area contributed by atoms with Gasteiger partial charge in [-0.25, -0.2) is 0 Å². The first-order chi connectivity index (χ1) is 17.3. The van der Waals surface area contributed by atoms with Gasteiger partial charge in [-0.1, -0.05) is 129 Å². The standard InChI is InChI=1S/C29H58O4P2/c1-3-5-7-9-11-13-15-17-19-21-23-34-30-25-29(26-31-34)27-32-35(33-28-29)24-22-20-18-16-14-12-10-8-6-4-2/h3-28H2,1-2H3. The summed E-state index contributed by atoms with van der Waals surface area (Å²) >= 11 is 0. The lowest BCUT2D eigenvalue weighted by atomic mass is 9.93. The molecular weight excluding hydrogens is 474 g/mol. The fraction of sp³-hybridized carbons (Fsp3) is 1.00. The van der Waals surface area contributed by atoms with Gasteiger partial charge in [-0.2, -0.15) is 0 Å². The third-order valence-corrected chi connectivity index (χ3v) is 10.5. The van der Waals surface area contributed by atoms with Crippen molar-refractivity contribution in [3.8, 4) is 0 Å². The van der Waals surface area contributed by atoms with Gasteiger partial charge in [-0.15, -0.1) is 0 Å². The average molecular weight is 533 g/mol. The van der Waals surface area contributed by atoms with Crippen LogP contribution < -0.4 is 0 Å². The molecule has 0 saturated carbocycles. The van der Waals surface area contributed by atoms with Crippen LogP contribution in [0, 0.1) is 5.41 Å². The zero-order valence-electron chi connectivity index (χ0n) is 23.4. The SMILES string of the molecule is CCCCCCCCCCCCP1OCC2(CO1)COP(CCCCCCCCCCCC)OC2. The Kier molecular flexibility index (Phi) is 19.7. The number of rotatable bonds is 22. The van der Waals surface area contributed by atoms with Gasteiger partial charge >= 0.3 is 0 Å². The van der Waals surface area contributed by atoms with Crippen molar-refractivity contribution in [1.29, 1.82) is 0 Å². The van der Waals surface area contributed by atoms with Crippen LogP contribution >= 0.6 is 16.8 Å². The molecule has 2 aliphatic heterocycles. The van der Waals surface area contributed by atoms with Crippen LogP contribution in [0.1, 0.15) is 142 Å². The molecule has 0 radical (unpaired) electrons.